The molecule has 1 amide bonds. The summed E-state index contributed by atoms with van der Waals surface area (Å²) in [5.74, 6) is 0.113. The average Bonchev–Trinajstić information content (AvgIpc) is 3.31. The van der Waals surface area contributed by atoms with Crippen molar-refractivity contribution in [1.82, 2.24) is 10.3 Å². The van der Waals surface area contributed by atoms with Gasteiger partial charge in [0.15, 0.2) is 0 Å². The third kappa shape index (κ3) is 2.31. The lowest BCUT2D eigenvalue weighted by molar-refractivity contribution is -0.124. The predicted molar refractivity (Wildman–Crippen MR) is 78.1 cm³/mol. The number of amides is 1. The highest BCUT2D eigenvalue weighted by atomic mass is 16.2. The average molecular weight is 266 g/mol. The summed E-state index contributed by atoms with van der Waals surface area (Å²) >= 11 is 0. The number of carbonyl (C=O) groups excluding carboxylic acids is 1. The molecule has 1 saturated carbocycles. The van der Waals surface area contributed by atoms with Gasteiger partial charge in [0.25, 0.3) is 0 Å². The Morgan fingerprint density at radius 3 is 2.45 bits per heavy atom. The second-order valence-electron chi connectivity index (χ2n) is 5.40. The minimum Gasteiger partial charge on any atom is -0.347 e. The molecule has 0 bridgehead atoms. The zero-order valence-electron chi connectivity index (χ0n) is 11.5. The predicted octanol–water partition coefficient (Wildman–Crippen LogP) is 2.99. The standard InChI is InChI=1S/C17H18N2O/c1-13(15-9-5-6-12-18-15)19-16(20)17(10-11-17)14-7-3-2-4-8-14/h2-9,12-13H,10-11H2,1H3,(H,19,20). The van der Waals surface area contributed by atoms with Crippen molar-refractivity contribution in [2.45, 2.75) is 31.2 Å². The Balaban J connectivity index is 1.74. The molecule has 1 aromatic heterocycles. The molecule has 3 heteroatoms. The lowest BCUT2D eigenvalue weighted by Gasteiger charge is -2.19. The van der Waals surface area contributed by atoms with Crippen LogP contribution in [0.4, 0.5) is 0 Å². The zero-order valence-corrected chi connectivity index (χ0v) is 11.5. The normalized spacial score (nSPS) is 17.2. The van der Waals surface area contributed by atoms with Gasteiger partial charge >= 0.3 is 0 Å². The second-order valence-corrected chi connectivity index (χ2v) is 5.40. The Morgan fingerprint density at radius 2 is 1.85 bits per heavy atom. The maximum Gasteiger partial charge on any atom is 0.231 e. The van der Waals surface area contributed by atoms with Crippen LogP contribution in [0.25, 0.3) is 0 Å². The lowest BCUT2D eigenvalue weighted by atomic mass is 9.94. The number of benzene rings is 1. The van der Waals surface area contributed by atoms with Crippen LogP contribution in [0.1, 0.15) is 37.1 Å². The topological polar surface area (TPSA) is 42.0 Å². The summed E-state index contributed by atoms with van der Waals surface area (Å²) < 4.78 is 0. The summed E-state index contributed by atoms with van der Waals surface area (Å²) in [5, 5.41) is 3.10. The van der Waals surface area contributed by atoms with E-state index in [1.54, 1.807) is 6.20 Å². The maximum absolute atomic E-state index is 12.6. The van der Waals surface area contributed by atoms with E-state index in [0.29, 0.717) is 0 Å². The smallest absolute Gasteiger partial charge is 0.231 e. The fourth-order valence-corrected chi connectivity index (χ4v) is 2.57. The summed E-state index contributed by atoms with van der Waals surface area (Å²) in [6.45, 7) is 1.97. The Morgan fingerprint density at radius 1 is 1.15 bits per heavy atom. The SMILES string of the molecule is CC(NC(=O)C1(c2ccccc2)CC1)c1ccccn1. The molecule has 1 heterocycles. The molecule has 1 unspecified atom stereocenters. The van der Waals surface area contributed by atoms with E-state index in [2.05, 4.69) is 10.3 Å². The molecule has 20 heavy (non-hydrogen) atoms. The van der Waals surface area contributed by atoms with Gasteiger partial charge < -0.3 is 5.32 Å². The Kier molecular flexibility index (Phi) is 3.26. The quantitative estimate of drug-likeness (QED) is 0.924. The van der Waals surface area contributed by atoms with E-state index >= 15 is 0 Å². The van der Waals surface area contributed by atoms with Crippen LogP contribution in [-0.2, 0) is 10.2 Å². The fourth-order valence-electron chi connectivity index (χ4n) is 2.57. The summed E-state index contributed by atoms with van der Waals surface area (Å²) in [4.78, 5) is 16.9. The van der Waals surface area contributed by atoms with Gasteiger partial charge in [0, 0.05) is 6.20 Å². The first-order valence-corrected chi connectivity index (χ1v) is 7.00. The van der Waals surface area contributed by atoms with Gasteiger partial charge in [0.1, 0.15) is 0 Å². The van der Waals surface area contributed by atoms with Crippen LogP contribution in [-0.4, -0.2) is 10.9 Å². The van der Waals surface area contributed by atoms with E-state index in [4.69, 9.17) is 0 Å². The van der Waals surface area contributed by atoms with Crippen molar-refractivity contribution in [3.8, 4) is 0 Å². The number of hydrogen-bond acceptors (Lipinski definition) is 2. The van der Waals surface area contributed by atoms with E-state index in [9.17, 15) is 4.79 Å². The molecule has 1 aromatic carbocycles. The van der Waals surface area contributed by atoms with Crippen LogP contribution >= 0.6 is 0 Å². The van der Waals surface area contributed by atoms with Gasteiger partial charge in [-0.15, -0.1) is 0 Å². The minimum atomic E-state index is -0.315. The molecule has 1 N–H and O–H groups in total. The molecule has 0 saturated heterocycles. The highest BCUT2D eigenvalue weighted by molar-refractivity contribution is 5.91. The molecular formula is C17H18N2O. The van der Waals surface area contributed by atoms with Crippen molar-refractivity contribution in [3.05, 3.63) is 66.0 Å². The van der Waals surface area contributed by atoms with E-state index in [1.165, 1.54) is 0 Å². The Labute approximate surface area is 119 Å². The first-order valence-electron chi connectivity index (χ1n) is 7.00. The van der Waals surface area contributed by atoms with Crippen molar-refractivity contribution in [3.63, 3.8) is 0 Å². The first-order chi connectivity index (χ1) is 9.72. The lowest BCUT2D eigenvalue weighted by Crippen LogP contribution is -2.36. The third-order valence-corrected chi connectivity index (χ3v) is 3.99. The van der Waals surface area contributed by atoms with Gasteiger partial charge in [-0.25, -0.2) is 0 Å². The van der Waals surface area contributed by atoms with E-state index in [-0.39, 0.29) is 17.4 Å². The first kappa shape index (κ1) is 12.9. The monoisotopic (exact) mass is 266 g/mol. The van der Waals surface area contributed by atoms with Gasteiger partial charge in [0.05, 0.1) is 17.2 Å². The van der Waals surface area contributed by atoms with Gasteiger partial charge in [-0.2, -0.15) is 0 Å². The number of nitrogens with one attached hydrogen (secondary N) is 1. The molecule has 102 valence electrons. The summed E-state index contributed by atoms with van der Waals surface area (Å²) in [6.07, 6.45) is 3.61. The molecule has 0 radical (unpaired) electrons. The molecule has 3 rings (SSSR count). The van der Waals surface area contributed by atoms with E-state index < -0.39 is 0 Å². The second kappa shape index (κ2) is 5.08. The largest absolute Gasteiger partial charge is 0.347 e. The number of nitrogens with zero attached hydrogens (tertiary/aromatic N) is 1. The molecule has 2 aromatic rings. The van der Waals surface area contributed by atoms with E-state index in [0.717, 1.165) is 24.1 Å². The Bertz CT molecular complexity index is 591. The third-order valence-electron chi connectivity index (χ3n) is 3.99. The van der Waals surface area contributed by atoms with Crippen LogP contribution in [0.15, 0.2) is 54.7 Å². The fraction of sp³-hybridized carbons (Fsp3) is 0.294. The van der Waals surface area contributed by atoms with Gasteiger partial charge in [-0.3, -0.25) is 9.78 Å². The molecular weight excluding hydrogens is 248 g/mol. The van der Waals surface area contributed by atoms with Crippen molar-refractivity contribution < 1.29 is 4.79 Å². The molecule has 3 nitrogen and oxygen atoms in total. The van der Waals surface area contributed by atoms with Crippen LogP contribution in [0, 0.1) is 0 Å². The molecule has 1 atom stereocenters. The number of hydrogen-bond donors (Lipinski definition) is 1. The maximum atomic E-state index is 12.6. The number of rotatable bonds is 4. The number of pyridine rings is 1. The van der Waals surface area contributed by atoms with Gasteiger partial charge in [-0.1, -0.05) is 36.4 Å². The molecule has 0 aliphatic heterocycles. The van der Waals surface area contributed by atoms with Gasteiger partial charge in [-0.05, 0) is 37.5 Å². The molecule has 1 fully saturated rings. The molecule has 0 spiro atoms. The van der Waals surface area contributed by atoms with Crippen molar-refractivity contribution in [2.24, 2.45) is 0 Å². The van der Waals surface area contributed by atoms with Crippen LogP contribution in [0.5, 0.6) is 0 Å². The number of carbonyl (C=O) groups is 1. The summed E-state index contributed by atoms with van der Waals surface area (Å²) in [6, 6.07) is 15.7. The highest BCUT2D eigenvalue weighted by Crippen LogP contribution is 2.48. The molecule has 1 aliphatic carbocycles. The van der Waals surface area contributed by atoms with Crippen molar-refractivity contribution in [2.75, 3.05) is 0 Å². The summed E-state index contributed by atoms with van der Waals surface area (Å²) in [5.41, 5.74) is 1.69. The van der Waals surface area contributed by atoms with Crippen LogP contribution < -0.4 is 5.32 Å². The number of aromatic nitrogens is 1. The van der Waals surface area contributed by atoms with E-state index in [1.807, 2.05) is 55.5 Å². The summed E-state index contributed by atoms with van der Waals surface area (Å²) in [7, 11) is 0. The minimum absolute atomic E-state index is 0.0649. The van der Waals surface area contributed by atoms with Crippen LogP contribution in [0.2, 0.25) is 0 Å². The van der Waals surface area contributed by atoms with Crippen LogP contribution in [0.3, 0.4) is 0 Å². The molecule has 1 aliphatic rings. The van der Waals surface area contributed by atoms with Gasteiger partial charge in [0.2, 0.25) is 5.91 Å². The van der Waals surface area contributed by atoms with Crippen molar-refractivity contribution >= 4 is 5.91 Å². The Hall–Kier alpha value is -2.16. The highest BCUT2D eigenvalue weighted by Gasteiger charge is 2.51. The van der Waals surface area contributed by atoms with Crippen molar-refractivity contribution in [1.29, 1.82) is 0 Å². The zero-order chi connectivity index (χ0) is 14.0.